The van der Waals surface area contributed by atoms with E-state index in [0.29, 0.717) is 0 Å². The maximum Gasteiger partial charge on any atom is 0.124 e. The Morgan fingerprint density at radius 2 is 1.79 bits per heavy atom. The van der Waals surface area contributed by atoms with E-state index in [-0.39, 0.29) is 0 Å². The second kappa shape index (κ2) is 5.45. The van der Waals surface area contributed by atoms with Gasteiger partial charge in [0.15, 0.2) is 0 Å². The summed E-state index contributed by atoms with van der Waals surface area (Å²) in [6.45, 7) is 0. The van der Waals surface area contributed by atoms with Gasteiger partial charge in [0.25, 0.3) is 0 Å². The number of aromatic nitrogens is 1. The SMILES string of the molecule is Clc1cccc(-c2csc(-c3cccc(Br)c3)n2)c1. The van der Waals surface area contributed by atoms with Gasteiger partial charge in [-0.1, -0.05) is 51.8 Å². The number of halogens is 2. The molecule has 0 saturated heterocycles. The van der Waals surface area contributed by atoms with E-state index in [0.717, 1.165) is 31.3 Å². The molecule has 3 aromatic rings. The van der Waals surface area contributed by atoms with Crippen LogP contribution in [0.2, 0.25) is 5.02 Å². The quantitative estimate of drug-likeness (QED) is 0.561. The third-order valence-corrected chi connectivity index (χ3v) is 4.32. The lowest BCUT2D eigenvalue weighted by molar-refractivity contribution is 1.40. The molecule has 0 N–H and O–H groups in total. The van der Waals surface area contributed by atoms with Crippen LogP contribution in [0.15, 0.2) is 58.4 Å². The van der Waals surface area contributed by atoms with E-state index in [4.69, 9.17) is 11.6 Å². The molecule has 0 fully saturated rings. The van der Waals surface area contributed by atoms with Gasteiger partial charge in [0, 0.05) is 26.0 Å². The smallest absolute Gasteiger partial charge is 0.124 e. The molecule has 0 bridgehead atoms. The summed E-state index contributed by atoms with van der Waals surface area (Å²) in [5.41, 5.74) is 3.13. The van der Waals surface area contributed by atoms with E-state index in [2.05, 4.69) is 38.4 Å². The number of nitrogens with zero attached hydrogens (tertiary/aromatic N) is 1. The number of hydrogen-bond donors (Lipinski definition) is 0. The van der Waals surface area contributed by atoms with E-state index in [1.165, 1.54) is 0 Å². The Morgan fingerprint density at radius 3 is 2.58 bits per heavy atom. The van der Waals surface area contributed by atoms with Crippen molar-refractivity contribution in [3.8, 4) is 21.8 Å². The van der Waals surface area contributed by atoms with E-state index < -0.39 is 0 Å². The molecule has 0 radical (unpaired) electrons. The molecule has 0 saturated carbocycles. The third-order valence-electron chi connectivity index (χ3n) is 2.70. The monoisotopic (exact) mass is 349 g/mol. The van der Waals surface area contributed by atoms with Crippen LogP contribution in [0.5, 0.6) is 0 Å². The summed E-state index contributed by atoms with van der Waals surface area (Å²) in [5, 5.41) is 3.80. The zero-order valence-electron chi connectivity index (χ0n) is 9.81. The molecule has 19 heavy (non-hydrogen) atoms. The first kappa shape index (κ1) is 12.9. The van der Waals surface area contributed by atoms with Crippen molar-refractivity contribution in [3.05, 3.63) is 63.4 Å². The largest absolute Gasteiger partial charge is 0.236 e. The van der Waals surface area contributed by atoms with Crippen molar-refractivity contribution < 1.29 is 0 Å². The van der Waals surface area contributed by atoms with Gasteiger partial charge in [-0.05, 0) is 24.3 Å². The lowest BCUT2D eigenvalue weighted by atomic mass is 10.2. The first-order valence-electron chi connectivity index (χ1n) is 5.70. The van der Waals surface area contributed by atoms with Crippen LogP contribution >= 0.6 is 38.9 Å². The van der Waals surface area contributed by atoms with Crippen LogP contribution in [0.1, 0.15) is 0 Å². The summed E-state index contributed by atoms with van der Waals surface area (Å²) in [6, 6.07) is 15.9. The molecular weight excluding hydrogens is 342 g/mol. The Kier molecular flexibility index (Phi) is 3.69. The van der Waals surface area contributed by atoms with Gasteiger partial charge in [-0.25, -0.2) is 4.98 Å². The minimum Gasteiger partial charge on any atom is -0.236 e. The average molecular weight is 351 g/mol. The van der Waals surface area contributed by atoms with Gasteiger partial charge >= 0.3 is 0 Å². The van der Waals surface area contributed by atoms with Crippen LogP contribution < -0.4 is 0 Å². The van der Waals surface area contributed by atoms with E-state index in [1.807, 2.05) is 36.4 Å². The van der Waals surface area contributed by atoms with Crippen molar-refractivity contribution in [3.63, 3.8) is 0 Å². The molecule has 0 aliphatic heterocycles. The zero-order chi connectivity index (χ0) is 13.2. The first-order valence-corrected chi connectivity index (χ1v) is 7.75. The summed E-state index contributed by atoms with van der Waals surface area (Å²) in [5.74, 6) is 0. The molecule has 0 atom stereocenters. The standard InChI is InChI=1S/C15H9BrClNS/c16-12-5-1-4-11(7-12)15-18-14(9-19-15)10-3-2-6-13(17)8-10/h1-9H. The lowest BCUT2D eigenvalue weighted by Gasteiger charge is -1.98. The Hall–Kier alpha value is -1.16. The molecule has 2 aromatic carbocycles. The highest BCUT2D eigenvalue weighted by Gasteiger charge is 2.07. The molecule has 0 aliphatic rings. The van der Waals surface area contributed by atoms with E-state index >= 15 is 0 Å². The third kappa shape index (κ3) is 2.89. The molecular formula is C15H9BrClNS. The Bertz CT molecular complexity index is 663. The number of hydrogen-bond acceptors (Lipinski definition) is 2. The topological polar surface area (TPSA) is 12.9 Å². The Labute approximate surface area is 129 Å². The second-order valence-electron chi connectivity index (χ2n) is 4.06. The van der Waals surface area contributed by atoms with Gasteiger partial charge in [0.1, 0.15) is 5.01 Å². The minimum absolute atomic E-state index is 0.731. The van der Waals surface area contributed by atoms with Crippen LogP contribution in [-0.4, -0.2) is 4.98 Å². The van der Waals surface area contributed by atoms with Crippen molar-refractivity contribution >= 4 is 38.9 Å². The molecule has 1 heterocycles. The van der Waals surface area contributed by atoms with Gasteiger partial charge in [0.05, 0.1) is 5.69 Å². The fourth-order valence-corrected chi connectivity index (χ4v) is 3.22. The van der Waals surface area contributed by atoms with E-state index in [1.54, 1.807) is 11.3 Å². The first-order chi connectivity index (χ1) is 9.22. The molecule has 0 spiro atoms. The molecule has 1 aromatic heterocycles. The predicted octanol–water partition coefficient (Wildman–Crippen LogP) is 5.89. The van der Waals surface area contributed by atoms with Crippen LogP contribution in [0, 0.1) is 0 Å². The van der Waals surface area contributed by atoms with Gasteiger partial charge in [0.2, 0.25) is 0 Å². The number of benzene rings is 2. The summed E-state index contributed by atoms with van der Waals surface area (Å²) < 4.78 is 1.06. The van der Waals surface area contributed by atoms with Gasteiger partial charge in [-0.2, -0.15) is 0 Å². The second-order valence-corrected chi connectivity index (χ2v) is 6.27. The van der Waals surface area contributed by atoms with Crippen LogP contribution in [0.3, 0.4) is 0 Å². The van der Waals surface area contributed by atoms with Crippen molar-refractivity contribution in [2.24, 2.45) is 0 Å². The van der Waals surface area contributed by atoms with Gasteiger partial charge < -0.3 is 0 Å². The average Bonchev–Trinajstić information content (AvgIpc) is 2.88. The number of rotatable bonds is 2. The molecule has 0 amide bonds. The van der Waals surface area contributed by atoms with Crippen molar-refractivity contribution in [1.29, 1.82) is 0 Å². The normalized spacial score (nSPS) is 10.6. The summed E-state index contributed by atoms with van der Waals surface area (Å²) >= 11 is 11.1. The molecule has 0 aliphatic carbocycles. The minimum atomic E-state index is 0.731. The van der Waals surface area contributed by atoms with Crippen molar-refractivity contribution in [2.75, 3.05) is 0 Å². The fourth-order valence-electron chi connectivity index (χ4n) is 1.81. The Balaban J connectivity index is 2.00. The van der Waals surface area contributed by atoms with Crippen molar-refractivity contribution in [2.45, 2.75) is 0 Å². The molecule has 3 rings (SSSR count). The van der Waals surface area contributed by atoms with E-state index in [9.17, 15) is 0 Å². The van der Waals surface area contributed by atoms with Crippen LogP contribution in [-0.2, 0) is 0 Å². The molecule has 1 nitrogen and oxygen atoms in total. The fraction of sp³-hybridized carbons (Fsp3) is 0. The summed E-state index contributed by atoms with van der Waals surface area (Å²) in [7, 11) is 0. The predicted molar refractivity (Wildman–Crippen MR) is 85.7 cm³/mol. The van der Waals surface area contributed by atoms with Crippen molar-refractivity contribution in [1.82, 2.24) is 4.98 Å². The maximum absolute atomic E-state index is 6.01. The summed E-state index contributed by atoms with van der Waals surface area (Å²) in [6.07, 6.45) is 0. The highest BCUT2D eigenvalue weighted by molar-refractivity contribution is 9.10. The Morgan fingerprint density at radius 1 is 1.00 bits per heavy atom. The summed E-state index contributed by atoms with van der Waals surface area (Å²) in [4.78, 5) is 4.67. The number of thiazole rings is 1. The lowest BCUT2D eigenvalue weighted by Crippen LogP contribution is -1.79. The highest BCUT2D eigenvalue weighted by atomic mass is 79.9. The molecule has 4 heteroatoms. The maximum atomic E-state index is 6.01. The molecule has 0 unspecified atom stereocenters. The van der Waals surface area contributed by atoms with Crippen LogP contribution in [0.4, 0.5) is 0 Å². The van der Waals surface area contributed by atoms with Gasteiger partial charge in [-0.3, -0.25) is 0 Å². The van der Waals surface area contributed by atoms with Crippen LogP contribution in [0.25, 0.3) is 21.8 Å². The zero-order valence-corrected chi connectivity index (χ0v) is 13.0. The highest BCUT2D eigenvalue weighted by Crippen LogP contribution is 2.30. The van der Waals surface area contributed by atoms with Gasteiger partial charge in [-0.15, -0.1) is 11.3 Å². The molecule has 94 valence electrons.